The molecule has 3 N–H and O–H groups in total. The number of aliphatic hydroxyl groups is 2. The van der Waals surface area contributed by atoms with Crippen LogP contribution < -0.4 is 5.32 Å². The Bertz CT molecular complexity index is 909. The van der Waals surface area contributed by atoms with Crippen molar-refractivity contribution in [2.75, 3.05) is 13.2 Å². The van der Waals surface area contributed by atoms with Crippen molar-refractivity contribution < 1.29 is 24.5 Å². The van der Waals surface area contributed by atoms with Gasteiger partial charge in [-0.05, 0) is 51.4 Å². The number of nitrogens with one attached hydrogen (secondary N) is 1. The van der Waals surface area contributed by atoms with Crippen LogP contribution in [0.25, 0.3) is 0 Å². The third kappa shape index (κ3) is 47.9. The van der Waals surface area contributed by atoms with Crippen LogP contribution in [-0.4, -0.2) is 47.4 Å². The smallest absolute Gasteiger partial charge is 0.305 e. The minimum absolute atomic E-state index is 0.00201. The summed E-state index contributed by atoms with van der Waals surface area (Å²) in [6.07, 6.45) is 59.1. The summed E-state index contributed by atoms with van der Waals surface area (Å²) in [5, 5.41) is 23.2. The predicted molar refractivity (Wildman–Crippen MR) is 264 cm³/mol. The Balaban J connectivity index is 3.37. The first-order valence-corrected chi connectivity index (χ1v) is 27.4. The van der Waals surface area contributed by atoms with Crippen LogP contribution in [0.1, 0.15) is 303 Å². The fourth-order valence-corrected chi connectivity index (χ4v) is 8.58. The van der Waals surface area contributed by atoms with E-state index < -0.39 is 12.1 Å². The van der Waals surface area contributed by atoms with E-state index in [1.807, 2.05) is 0 Å². The fourth-order valence-electron chi connectivity index (χ4n) is 8.58. The number of ether oxygens (including phenoxy) is 1. The Morgan fingerprint density at radius 2 is 0.770 bits per heavy atom. The molecule has 0 rings (SSSR count). The molecule has 6 nitrogen and oxygen atoms in total. The Morgan fingerprint density at radius 1 is 0.443 bits per heavy atom. The minimum atomic E-state index is -0.662. The van der Waals surface area contributed by atoms with Crippen molar-refractivity contribution in [2.45, 2.75) is 315 Å². The third-order valence-corrected chi connectivity index (χ3v) is 12.8. The number of carbonyl (C=O) groups excluding carboxylic acids is 2. The summed E-state index contributed by atoms with van der Waals surface area (Å²) >= 11 is 0. The van der Waals surface area contributed by atoms with Crippen LogP contribution in [0.15, 0.2) is 12.2 Å². The normalized spacial score (nSPS) is 12.7. The molecule has 0 heterocycles. The van der Waals surface area contributed by atoms with E-state index in [9.17, 15) is 19.8 Å². The molecule has 0 aliphatic rings. The van der Waals surface area contributed by atoms with E-state index in [1.54, 1.807) is 0 Å². The average Bonchev–Trinajstić information content (AvgIpc) is 3.26. The Hall–Kier alpha value is -1.40. The summed E-state index contributed by atoms with van der Waals surface area (Å²) in [6.45, 7) is 4.92. The lowest BCUT2D eigenvalue weighted by Crippen LogP contribution is -2.45. The Labute approximate surface area is 380 Å². The average molecular weight is 862 g/mol. The number of rotatable bonds is 51. The van der Waals surface area contributed by atoms with Crippen molar-refractivity contribution in [3.8, 4) is 0 Å². The maximum absolute atomic E-state index is 12.4. The molecule has 0 saturated carbocycles. The molecule has 0 radical (unpaired) electrons. The van der Waals surface area contributed by atoms with Crippen LogP contribution in [0, 0.1) is 0 Å². The minimum Gasteiger partial charge on any atom is -0.466 e. The van der Waals surface area contributed by atoms with E-state index in [4.69, 9.17) is 4.74 Å². The molecule has 0 saturated heterocycles. The van der Waals surface area contributed by atoms with Crippen molar-refractivity contribution in [3.05, 3.63) is 12.2 Å². The number of carbonyl (C=O) groups is 2. The van der Waals surface area contributed by atoms with Gasteiger partial charge in [0.1, 0.15) is 0 Å². The van der Waals surface area contributed by atoms with E-state index >= 15 is 0 Å². The molecule has 0 fully saturated rings. The van der Waals surface area contributed by atoms with Crippen LogP contribution in [0.4, 0.5) is 0 Å². The largest absolute Gasteiger partial charge is 0.466 e. The van der Waals surface area contributed by atoms with E-state index in [2.05, 4.69) is 31.3 Å². The molecule has 2 unspecified atom stereocenters. The van der Waals surface area contributed by atoms with Gasteiger partial charge in [-0.1, -0.05) is 251 Å². The molecule has 2 atom stereocenters. The van der Waals surface area contributed by atoms with Crippen molar-refractivity contribution >= 4 is 11.9 Å². The number of unbranched alkanes of at least 4 members (excludes halogenated alkanes) is 38. The summed E-state index contributed by atoms with van der Waals surface area (Å²) in [6, 6.07) is -0.540. The molecule has 0 spiro atoms. The molecular weight excluding hydrogens is 755 g/mol. The number of allylic oxidation sites excluding steroid dienone is 2. The molecule has 1 amide bonds. The van der Waals surface area contributed by atoms with E-state index in [1.165, 1.54) is 225 Å². The summed E-state index contributed by atoms with van der Waals surface area (Å²) in [4.78, 5) is 24.4. The first kappa shape index (κ1) is 59.6. The maximum atomic E-state index is 12.4. The fraction of sp³-hybridized carbons (Fsp3) is 0.927. The van der Waals surface area contributed by atoms with Crippen LogP contribution in [-0.2, 0) is 14.3 Å². The second-order valence-electron chi connectivity index (χ2n) is 18.9. The van der Waals surface area contributed by atoms with Gasteiger partial charge in [0.05, 0.1) is 25.4 Å². The summed E-state index contributed by atoms with van der Waals surface area (Å²) in [7, 11) is 0. The highest BCUT2D eigenvalue weighted by atomic mass is 16.5. The van der Waals surface area contributed by atoms with Gasteiger partial charge >= 0.3 is 5.97 Å². The van der Waals surface area contributed by atoms with Crippen molar-refractivity contribution in [1.29, 1.82) is 0 Å². The molecule has 0 aromatic carbocycles. The second kappa shape index (κ2) is 51.2. The monoisotopic (exact) mass is 862 g/mol. The number of hydrogen-bond acceptors (Lipinski definition) is 5. The Kier molecular flexibility index (Phi) is 50.1. The van der Waals surface area contributed by atoms with Gasteiger partial charge in [-0.15, -0.1) is 0 Å². The first-order chi connectivity index (χ1) is 30.0. The molecule has 0 aromatic rings. The number of hydrogen-bond donors (Lipinski definition) is 3. The van der Waals surface area contributed by atoms with Crippen LogP contribution in [0.2, 0.25) is 0 Å². The molecule has 6 heteroatoms. The topological polar surface area (TPSA) is 95.9 Å². The van der Waals surface area contributed by atoms with Crippen molar-refractivity contribution in [2.24, 2.45) is 0 Å². The molecular formula is C55H107NO5. The van der Waals surface area contributed by atoms with Gasteiger partial charge < -0.3 is 20.3 Å². The zero-order valence-electron chi connectivity index (χ0n) is 41.2. The highest BCUT2D eigenvalue weighted by molar-refractivity contribution is 5.76. The first-order valence-electron chi connectivity index (χ1n) is 27.4. The predicted octanol–water partition coefficient (Wildman–Crippen LogP) is 16.5. The van der Waals surface area contributed by atoms with Crippen LogP contribution in [0.5, 0.6) is 0 Å². The van der Waals surface area contributed by atoms with E-state index in [0.29, 0.717) is 25.9 Å². The third-order valence-electron chi connectivity index (χ3n) is 12.8. The maximum Gasteiger partial charge on any atom is 0.305 e. The number of aliphatic hydroxyl groups excluding tert-OH is 2. The van der Waals surface area contributed by atoms with Gasteiger partial charge in [-0.25, -0.2) is 0 Å². The number of esters is 1. The number of amides is 1. The zero-order chi connectivity index (χ0) is 44.4. The van der Waals surface area contributed by atoms with Gasteiger partial charge in [0.15, 0.2) is 0 Å². The summed E-state index contributed by atoms with van der Waals surface area (Å²) in [5.41, 5.74) is 0. The molecule has 0 aliphatic carbocycles. The van der Waals surface area contributed by atoms with E-state index in [-0.39, 0.29) is 18.5 Å². The highest BCUT2D eigenvalue weighted by Crippen LogP contribution is 2.17. The highest BCUT2D eigenvalue weighted by Gasteiger charge is 2.20. The van der Waals surface area contributed by atoms with E-state index in [0.717, 1.165) is 44.9 Å². The van der Waals surface area contributed by atoms with Gasteiger partial charge in [0.25, 0.3) is 0 Å². The molecule has 0 aromatic heterocycles. The van der Waals surface area contributed by atoms with Gasteiger partial charge in [0.2, 0.25) is 5.91 Å². The van der Waals surface area contributed by atoms with Crippen LogP contribution >= 0.6 is 0 Å². The van der Waals surface area contributed by atoms with Crippen molar-refractivity contribution in [1.82, 2.24) is 5.32 Å². The molecule has 0 bridgehead atoms. The van der Waals surface area contributed by atoms with Gasteiger partial charge in [-0.3, -0.25) is 9.59 Å². The van der Waals surface area contributed by atoms with Gasteiger partial charge in [-0.2, -0.15) is 0 Å². The SMILES string of the molecule is CCCCC/C=C\CCCCCCCC(=O)OCCCCCCCCCCCCCCCCCCCCCCCC(=O)NC(CO)C(O)CCCCCCCCCCCCC. The standard InChI is InChI=1S/C55H107NO5/c1-3-5-7-9-11-13-15-29-33-37-41-45-49-55(60)61-50-46-42-38-34-30-26-24-22-20-18-16-17-19-21-23-25-28-32-36-40-44-48-54(59)56-52(51-57)53(58)47-43-39-35-31-27-14-12-10-8-6-4-2/h11,13,52-53,57-58H,3-10,12,14-51H2,1-2H3,(H,56,59)/b13-11-. The molecule has 61 heavy (non-hydrogen) atoms. The Morgan fingerprint density at radius 3 is 1.20 bits per heavy atom. The van der Waals surface area contributed by atoms with Crippen LogP contribution in [0.3, 0.4) is 0 Å². The molecule has 362 valence electrons. The lowest BCUT2D eigenvalue weighted by Gasteiger charge is -2.22. The summed E-state index contributed by atoms with van der Waals surface area (Å²) in [5.74, 6) is -0.0343. The van der Waals surface area contributed by atoms with Gasteiger partial charge in [0, 0.05) is 12.8 Å². The lowest BCUT2D eigenvalue weighted by molar-refractivity contribution is -0.143. The molecule has 0 aliphatic heterocycles. The second-order valence-corrected chi connectivity index (χ2v) is 18.9. The zero-order valence-corrected chi connectivity index (χ0v) is 41.2. The lowest BCUT2D eigenvalue weighted by atomic mass is 10.0. The quantitative estimate of drug-likeness (QED) is 0.0322. The van der Waals surface area contributed by atoms with Crippen molar-refractivity contribution in [3.63, 3.8) is 0 Å². The summed E-state index contributed by atoms with van der Waals surface area (Å²) < 4.78 is 5.46.